The Morgan fingerprint density at radius 2 is 2.04 bits per heavy atom. The molecule has 0 spiro atoms. The first-order chi connectivity index (χ1) is 11.2. The summed E-state index contributed by atoms with van der Waals surface area (Å²) in [5, 5.41) is 2.87. The second-order valence-electron chi connectivity index (χ2n) is 5.34. The molecule has 5 heteroatoms. The lowest BCUT2D eigenvalue weighted by Crippen LogP contribution is -2.24. The molecule has 1 N–H and O–H groups in total. The highest BCUT2D eigenvalue weighted by Gasteiger charge is 2.06. The van der Waals surface area contributed by atoms with Crippen LogP contribution in [0.25, 0.3) is 5.65 Å². The molecule has 23 heavy (non-hydrogen) atoms. The number of nitrogens with zero attached hydrogens (tertiary/aromatic N) is 2. The molecule has 0 aliphatic rings. The number of ether oxygens (including phenoxy) is 1. The van der Waals surface area contributed by atoms with Gasteiger partial charge >= 0.3 is 0 Å². The lowest BCUT2D eigenvalue weighted by molar-refractivity contribution is -0.121. The molecular formula is C18H19N3O2. The predicted octanol–water partition coefficient (Wildman–Crippen LogP) is 2.73. The summed E-state index contributed by atoms with van der Waals surface area (Å²) in [4.78, 5) is 16.4. The monoisotopic (exact) mass is 309 g/mol. The molecular weight excluding hydrogens is 290 g/mol. The van der Waals surface area contributed by atoms with Crippen molar-refractivity contribution in [2.45, 2.75) is 19.9 Å². The van der Waals surface area contributed by atoms with E-state index in [2.05, 4.69) is 10.3 Å². The molecule has 1 aromatic carbocycles. The Kier molecular flexibility index (Phi) is 4.57. The molecule has 0 unspecified atom stereocenters. The van der Waals surface area contributed by atoms with Gasteiger partial charge < -0.3 is 14.5 Å². The van der Waals surface area contributed by atoms with Gasteiger partial charge in [-0.05, 0) is 30.7 Å². The Balaban J connectivity index is 1.47. The summed E-state index contributed by atoms with van der Waals surface area (Å²) in [5.74, 6) is 0.728. The van der Waals surface area contributed by atoms with E-state index in [0.29, 0.717) is 19.6 Å². The third kappa shape index (κ3) is 3.88. The molecule has 0 aliphatic heterocycles. The molecule has 2 aromatic heterocycles. The molecule has 0 saturated carbocycles. The van der Waals surface area contributed by atoms with E-state index >= 15 is 0 Å². The molecule has 3 aromatic rings. The molecule has 0 aliphatic carbocycles. The summed E-state index contributed by atoms with van der Waals surface area (Å²) in [6, 6.07) is 13.5. The molecule has 0 atom stereocenters. The maximum absolute atomic E-state index is 11.9. The van der Waals surface area contributed by atoms with E-state index in [4.69, 9.17) is 4.74 Å². The van der Waals surface area contributed by atoms with E-state index < -0.39 is 0 Å². The highest BCUT2D eigenvalue weighted by Crippen LogP contribution is 2.10. The quantitative estimate of drug-likeness (QED) is 0.762. The summed E-state index contributed by atoms with van der Waals surface area (Å²) >= 11 is 0. The van der Waals surface area contributed by atoms with Crippen LogP contribution in [0, 0.1) is 6.92 Å². The maximum Gasteiger partial charge on any atom is 0.223 e. The van der Waals surface area contributed by atoms with Gasteiger partial charge in [-0.2, -0.15) is 0 Å². The largest absolute Gasteiger partial charge is 0.493 e. The zero-order valence-electron chi connectivity index (χ0n) is 13.0. The smallest absolute Gasteiger partial charge is 0.223 e. The fraction of sp³-hybridized carbons (Fsp3) is 0.222. The van der Waals surface area contributed by atoms with Crippen molar-refractivity contribution in [3.63, 3.8) is 0 Å². The number of pyridine rings is 1. The highest BCUT2D eigenvalue weighted by atomic mass is 16.5. The Bertz CT molecular complexity index is 796. The predicted molar refractivity (Wildman–Crippen MR) is 88.3 cm³/mol. The molecule has 0 fully saturated rings. The number of rotatable bonds is 6. The molecule has 3 rings (SSSR count). The van der Waals surface area contributed by atoms with Crippen LogP contribution in [-0.2, 0) is 11.3 Å². The van der Waals surface area contributed by atoms with Gasteiger partial charge in [0, 0.05) is 12.4 Å². The van der Waals surface area contributed by atoms with Crippen molar-refractivity contribution in [1.82, 2.24) is 14.7 Å². The summed E-state index contributed by atoms with van der Waals surface area (Å²) in [7, 11) is 0. The summed E-state index contributed by atoms with van der Waals surface area (Å²) in [6.45, 7) is 2.80. The minimum atomic E-state index is -0.0466. The zero-order valence-corrected chi connectivity index (χ0v) is 13.0. The van der Waals surface area contributed by atoms with Crippen molar-refractivity contribution < 1.29 is 9.53 Å². The van der Waals surface area contributed by atoms with E-state index in [9.17, 15) is 4.79 Å². The number of nitrogens with one attached hydrogen (secondary N) is 1. The van der Waals surface area contributed by atoms with Gasteiger partial charge in [-0.3, -0.25) is 4.79 Å². The van der Waals surface area contributed by atoms with E-state index in [0.717, 1.165) is 22.7 Å². The minimum Gasteiger partial charge on any atom is -0.493 e. The van der Waals surface area contributed by atoms with Gasteiger partial charge in [0.05, 0.1) is 25.3 Å². The Morgan fingerprint density at radius 3 is 2.83 bits per heavy atom. The van der Waals surface area contributed by atoms with Crippen LogP contribution in [0.2, 0.25) is 0 Å². The number of imidazole rings is 1. The molecule has 0 radical (unpaired) electrons. The summed E-state index contributed by atoms with van der Waals surface area (Å²) in [6.07, 6.45) is 4.21. The number of aromatic nitrogens is 2. The topological polar surface area (TPSA) is 55.6 Å². The van der Waals surface area contributed by atoms with Gasteiger partial charge in [-0.25, -0.2) is 4.98 Å². The SMILES string of the molecule is Cc1cccn2cc(CNC(=O)CCOc3ccccc3)nc12. The second kappa shape index (κ2) is 6.96. The number of para-hydroxylation sites is 1. The minimum absolute atomic E-state index is 0.0466. The molecule has 1 amide bonds. The molecule has 118 valence electrons. The Labute approximate surface area is 134 Å². The third-order valence-corrected chi connectivity index (χ3v) is 3.54. The van der Waals surface area contributed by atoms with Gasteiger partial charge in [-0.1, -0.05) is 24.3 Å². The van der Waals surface area contributed by atoms with E-state index in [1.54, 1.807) is 0 Å². The van der Waals surface area contributed by atoms with Gasteiger partial charge in [0.1, 0.15) is 11.4 Å². The number of hydrogen-bond acceptors (Lipinski definition) is 3. The molecule has 5 nitrogen and oxygen atoms in total. The van der Waals surface area contributed by atoms with Crippen LogP contribution in [-0.4, -0.2) is 21.9 Å². The van der Waals surface area contributed by atoms with Crippen molar-refractivity contribution in [3.05, 3.63) is 66.1 Å². The van der Waals surface area contributed by atoms with Crippen LogP contribution in [0.1, 0.15) is 17.7 Å². The van der Waals surface area contributed by atoms with E-state index in [1.807, 2.05) is 66.2 Å². The van der Waals surface area contributed by atoms with Gasteiger partial charge in [-0.15, -0.1) is 0 Å². The number of fused-ring (bicyclic) bond motifs is 1. The fourth-order valence-electron chi connectivity index (χ4n) is 2.35. The molecule has 2 heterocycles. The van der Waals surface area contributed by atoms with Gasteiger partial charge in [0.25, 0.3) is 0 Å². The van der Waals surface area contributed by atoms with Crippen molar-refractivity contribution in [2.75, 3.05) is 6.61 Å². The Hall–Kier alpha value is -2.82. The number of amides is 1. The van der Waals surface area contributed by atoms with Crippen LogP contribution in [0.15, 0.2) is 54.9 Å². The van der Waals surface area contributed by atoms with Crippen LogP contribution in [0.3, 0.4) is 0 Å². The molecule has 0 bridgehead atoms. The van der Waals surface area contributed by atoms with E-state index in [1.165, 1.54) is 0 Å². The zero-order chi connectivity index (χ0) is 16.1. The van der Waals surface area contributed by atoms with Crippen LogP contribution < -0.4 is 10.1 Å². The summed E-state index contributed by atoms with van der Waals surface area (Å²) in [5.41, 5.74) is 2.88. The lowest BCUT2D eigenvalue weighted by atomic mass is 10.3. The number of carbonyl (C=O) groups is 1. The van der Waals surface area contributed by atoms with Crippen molar-refractivity contribution in [3.8, 4) is 5.75 Å². The normalized spacial score (nSPS) is 10.7. The number of aryl methyl sites for hydroxylation is 1. The standard InChI is InChI=1S/C18H19N3O2/c1-14-6-5-10-21-13-15(20-18(14)21)12-19-17(22)9-11-23-16-7-3-2-4-8-16/h2-8,10,13H,9,11-12H2,1H3,(H,19,22). The Morgan fingerprint density at radius 1 is 1.22 bits per heavy atom. The first-order valence-electron chi connectivity index (χ1n) is 7.60. The lowest BCUT2D eigenvalue weighted by Gasteiger charge is -2.06. The molecule has 0 saturated heterocycles. The second-order valence-corrected chi connectivity index (χ2v) is 5.34. The van der Waals surface area contributed by atoms with E-state index in [-0.39, 0.29) is 5.91 Å². The first-order valence-corrected chi connectivity index (χ1v) is 7.60. The fourth-order valence-corrected chi connectivity index (χ4v) is 2.35. The first kappa shape index (κ1) is 15.1. The van der Waals surface area contributed by atoms with Crippen LogP contribution in [0.5, 0.6) is 5.75 Å². The number of benzene rings is 1. The van der Waals surface area contributed by atoms with Crippen molar-refractivity contribution in [2.24, 2.45) is 0 Å². The number of hydrogen-bond donors (Lipinski definition) is 1. The van der Waals surface area contributed by atoms with Gasteiger partial charge in [0.15, 0.2) is 0 Å². The summed E-state index contributed by atoms with van der Waals surface area (Å²) < 4.78 is 7.48. The van der Waals surface area contributed by atoms with Gasteiger partial charge in [0.2, 0.25) is 5.91 Å². The van der Waals surface area contributed by atoms with Crippen molar-refractivity contribution in [1.29, 1.82) is 0 Å². The van der Waals surface area contributed by atoms with Crippen LogP contribution >= 0.6 is 0 Å². The van der Waals surface area contributed by atoms with Crippen molar-refractivity contribution >= 4 is 11.6 Å². The maximum atomic E-state index is 11.9. The average Bonchev–Trinajstić information content (AvgIpc) is 2.99. The third-order valence-electron chi connectivity index (χ3n) is 3.54. The van der Waals surface area contributed by atoms with Crippen LogP contribution in [0.4, 0.5) is 0 Å². The highest BCUT2D eigenvalue weighted by molar-refractivity contribution is 5.75. The number of carbonyl (C=O) groups excluding carboxylic acids is 1. The average molecular weight is 309 g/mol.